The molecule has 0 radical (unpaired) electrons. The number of carbonyl (C=O) groups is 1. The van der Waals surface area contributed by atoms with Crippen LogP contribution in [0.25, 0.3) is 5.69 Å². The van der Waals surface area contributed by atoms with Gasteiger partial charge in [0.2, 0.25) is 5.91 Å². The SMILES string of the molecule is CCC(C(=O)NC(C)c1ccc(-n2cccc2)cc1)n1nc([N+](=O)[O-])cc1C. The lowest BCUT2D eigenvalue weighted by Gasteiger charge is -2.19. The van der Waals surface area contributed by atoms with Crippen LogP contribution in [0.2, 0.25) is 0 Å². The van der Waals surface area contributed by atoms with Crippen LogP contribution < -0.4 is 5.32 Å². The van der Waals surface area contributed by atoms with Crippen molar-refractivity contribution in [1.82, 2.24) is 19.7 Å². The van der Waals surface area contributed by atoms with Gasteiger partial charge in [0.25, 0.3) is 0 Å². The number of hydrogen-bond donors (Lipinski definition) is 1. The maximum atomic E-state index is 12.8. The molecule has 1 amide bonds. The molecule has 1 N–H and O–H groups in total. The predicted octanol–water partition coefficient (Wildman–Crippen LogP) is 3.72. The molecule has 8 heteroatoms. The minimum atomic E-state index is -0.602. The van der Waals surface area contributed by atoms with Crippen LogP contribution in [0.3, 0.4) is 0 Å². The number of nitro groups is 1. The lowest BCUT2D eigenvalue weighted by molar-refractivity contribution is -0.389. The first kappa shape index (κ1) is 19.3. The van der Waals surface area contributed by atoms with Gasteiger partial charge in [0.15, 0.2) is 6.04 Å². The van der Waals surface area contributed by atoms with E-state index in [1.54, 1.807) is 6.92 Å². The van der Waals surface area contributed by atoms with Gasteiger partial charge in [-0.1, -0.05) is 19.1 Å². The quantitative estimate of drug-likeness (QED) is 0.498. The van der Waals surface area contributed by atoms with Crippen molar-refractivity contribution in [1.29, 1.82) is 0 Å². The molecule has 0 aliphatic carbocycles. The standard InChI is InChI=1S/C20H23N5O3/c1-4-18(24-14(2)13-19(22-24)25(27)28)20(26)21-15(3)16-7-9-17(10-8-16)23-11-5-6-12-23/h5-13,15,18H,4H2,1-3H3,(H,21,26). The molecule has 146 valence electrons. The number of aromatic nitrogens is 3. The third-order valence-electron chi connectivity index (χ3n) is 4.74. The molecule has 28 heavy (non-hydrogen) atoms. The summed E-state index contributed by atoms with van der Waals surface area (Å²) in [4.78, 5) is 23.2. The van der Waals surface area contributed by atoms with Crippen LogP contribution in [-0.2, 0) is 4.79 Å². The molecule has 0 saturated carbocycles. The van der Waals surface area contributed by atoms with Crippen LogP contribution in [0.4, 0.5) is 5.82 Å². The molecule has 1 aromatic carbocycles. The van der Waals surface area contributed by atoms with E-state index in [4.69, 9.17) is 0 Å². The highest BCUT2D eigenvalue weighted by Crippen LogP contribution is 2.21. The minimum Gasteiger partial charge on any atom is -0.358 e. The molecule has 3 rings (SSSR count). The molecule has 8 nitrogen and oxygen atoms in total. The summed E-state index contributed by atoms with van der Waals surface area (Å²) >= 11 is 0. The average Bonchev–Trinajstić information content (AvgIpc) is 3.33. The maximum Gasteiger partial charge on any atom is 0.390 e. The van der Waals surface area contributed by atoms with Gasteiger partial charge < -0.3 is 20.0 Å². The van der Waals surface area contributed by atoms with Crippen LogP contribution in [0.1, 0.15) is 43.6 Å². The summed E-state index contributed by atoms with van der Waals surface area (Å²) in [6.45, 7) is 5.47. The Morgan fingerprint density at radius 2 is 1.89 bits per heavy atom. The van der Waals surface area contributed by atoms with Gasteiger partial charge in [0, 0.05) is 18.1 Å². The Bertz CT molecular complexity index is 960. The van der Waals surface area contributed by atoms with Crippen LogP contribution in [-0.4, -0.2) is 25.2 Å². The Hall–Kier alpha value is -3.42. The number of carbonyl (C=O) groups excluding carboxylic acids is 1. The molecular weight excluding hydrogens is 358 g/mol. The van der Waals surface area contributed by atoms with Crippen molar-refractivity contribution in [2.24, 2.45) is 0 Å². The molecule has 0 spiro atoms. The fourth-order valence-electron chi connectivity index (χ4n) is 3.18. The summed E-state index contributed by atoms with van der Waals surface area (Å²) in [7, 11) is 0. The topological polar surface area (TPSA) is 95.0 Å². The number of benzene rings is 1. The van der Waals surface area contributed by atoms with Gasteiger partial charge in [-0.2, -0.15) is 4.68 Å². The normalized spacial score (nSPS) is 13.1. The summed E-state index contributed by atoms with van der Waals surface area (Å²) in [5.74, 6) is -0.469. The van der Waals surface area contributed by atoms with E-state index in [1.165, 1.54) is 10.7 Å². The van der Waals surface area contributed by atoms with Crippen LogP contribution >= 0.6 is 0 Å². The number of nitrogens with one attached hydrogen (secondary N) is 1. The van der Waals surface area contributed by atoms with Gasteiger partial charge in [-0.3, -0.25) is 4.79 Å². The molecular formula is C20H23N5O3. The number of hydrogen-bond acceptors (Lipinski definition) is 4. The van der Waals surface area contributed by atoms with Crippen LogP contribution in [0, 0.1) is 17.0 Å². The van der Waals surface area contributed by atoms with E-state index >= 15 is 0 Å². The van der Waals surface area contributed by atoms with Gasteiger partial charge in [-0.05, 0) is 55.0 Å². The van der Waals surface area contributed by atoms with Crippen molar-refractivity contribution >= 4 is 11.7 Å². The second-order valence-corrected chi connectivity index (χ2v) is 6.68. The first-order valence-corrected chi connectivity index (χ1v) is 9.15. The first-order valence-electron chi connectivity index (χ1n) is 9.15. The highest BCUT2D eigenvalue weighted by atomic mass is 16.6. The van der Waals surface area contributed by atoms with E-state index in [2.05, 4.69) is 10.4 Å². The highest BCUT2D eigenvalue weighted by molar-refractivity contribution is 5.80. The number of aryl methyl sites for hydroxylation is 1. The summed E-state index contributed by atoms with van der Waals surface area (Å²) in [5.41, 5.74) is 2.60. The van der Waals surface area contributed by atoms with Crippen LogP contribution in [0.15, 0.2) is 54.9 Å². The fraction of sp³-hybridized carbons (Fsp3) is 0.300. The van der Waals surface area contributed by atoms with Crippen molar-refractivity contribution in [3.05, 3.63) is 76.2 Å². The predicted molar refractivity (Wildman–Crippen MR) is 105 cm³/mol. The van der Waals surface area contributed by atoms with Crippen molar-refractivity contribution < 1.29 is 9.72 Å². The monoisotopic (exact) mass is 381 g/mol. The molecule has 2 aromatic heterocycles. The van der Waals surface area contributed by atoms with E-state index in [0.717, 1.165) is 11.3 Å². The van der Waals surface area contributed by atoms with Crippen LogP contribution in [0.5, 0.6) is 0 Å². The minimum absolute atomic E-state index is 0.203. The largest absolute Gasteiger partial charge is 0.390 e. The van der Waals surface area contributed by atoms with E-state index in [9.17, 15) is 14.9 Å². The Morgan fingerprint density at radius 3 is 2.43 bits per heavy atom. The second-order valence-electron chi connectivity index (χ2n) is 6.68. The van der Waals surface area contributed by atoms with Gasteiger partial charge in [-0.25, -0.2) is 0 Å². The average molecular weight is 381 g/mol. The zero-order chi connectivity index (χ0) is 20.3. The molecule has 0 fully saturated rings. The van der Waals surface area contributed by atoms with E-state index in [1.807, 2.05) is 67.2 Å². The molecule has 0 bridgehead atoms. The van der Waals surface area contributed by atoms with Gasteiger partial charge in [0.1, 0.15) is 0 Å². The molecule has 0 aliphatic rings. The molecule has 2 unspecified atom stereocenters. The lowest BCUT2D eigenvalue weighted by atomic mass is 10.1. The van der Waals surface area contributed by atoms with Crippen molar-refractivity contribution in [3.63, 3.8) is 0 Å². The molecule has 0 saturated heterocycles. The number of amides is 1. The summed E-state index contributed by atoms with van der Waals surface area (Å²) in [6, 6.07) is 12.4. The molecule has 2 atom stereocenters. The molecule has 3 aromatic rings. The van der Waals surface area contributed by atoms with Gasteiger partial charge >= 0.3 is 5.82 Å². The molecule has 0 aliphatic heterocycles. The summed E-state index contributed by atoms with van der Waals surface area (Å²) in [5, 5.41) is 17.9. The Morgan fingerprint density at radius 1 is 1.25 bits per heavy atom. The van der Waals surface area contributed by atoms with E-state index in [0.29, 0.717) is 12.1 Å². The van der Waals surface area contributed by atoms with E-state index in [-0.39, 0.29) is 17.8 Å². The van der Waals surface area contributed by atoms with Crippen molar-refractivity contribution in [3.8, 4) is 5.69 Å². The zero-order valence-corrected chi connectivity index (χ0v) is 16.1. The van der Waals surface area contributed by atoms with E-state index < -0.39 is 11.0 Å². The zero-order valence-electron chi connectivity index (χ0n) is 16.1. The Balaban J connectivity index is 1.72. The first-order chi connectivity index (χ1) is 13.4. The maximum absolute atomic E-state index is 12.8. The second kappa shape index (κ2) is 8.08. The lowest BCUT2D eigenvalue weighted by Crippen LogP contribution is -2.35. The van der Waals surface area contributed by atoms with Gasteiger partial charge in [-0.15, -0.1) is 0 Å². The summed E-state index contributed by atoms with van der Waals surface area (Å²) < 4.78 is 3.43. The highest BCUT2D eigenvalue weighted by Gasteiger charge is 2.27. The Kier molecular flexibility index (Phi) is 5.58. The number of nitrogens with zero attached hydrogens (tertiary/aromatic N) is 4. The third-order valence-corrected chi connectivity index (χ3v) is 4.74. The van der Waals surface area contributed by atoms with Crippen molar-refractivity contribution in [2.75, 3.05) is 0 Å². The smallest absolute Gasteiger partial charge is 0.358 e. The fourth-order valence-corrected chi connectivity index (χ4v) is 3.18. The number of rotatable bonds is 7. The van der Waals surface area contributed by atoms with Gasteiger partial charge in [0.05, 0.1) is 22.9 Å². The summed E-state index contributed by atoms with van der Waals surface area (Å²) in [6.07, 6.45) is 4.42. The Labute approximate surface area is 162 Å². The van der Waals surface area contributed by atoms with Crippen molar-refractivity contribution in [2.45, 2.75) is 39.3 Å². The molecule has 2 heterocycles. The third kappa shape index (κ3) is 3.95.